The Hall–Kier alpha value is -3.57. The maximum atomic E-state index is 13.6. The highest BCUT2D eigenvalue weighted by atomic mass is 31.2. The molecule has 13 heteroatoms. The number of hydrogen-bond acceptors (Lipinski definition) is 9. The average molecular weight is 619 g/mol. The molecule has 0 spiro atoms. The smallest absolute Gasteiger partial charge is 0.408 e. The van der Waals surface area contributed by atoms with E-state index in [1.165, 1.54) is 0 Å². The van der Waals surface area contributed by atoms with Crippen LogP contribution < -0.4 is 22.1 Å². The van der Waals surface area contributed by atoms with Crippen LogP contribution in [0.1, 0.15) is 52.7 Å². The van der Waals surface area contributed by atoms with Crippen molar-refractivity contribution in [2.75, 3.05) is 0 Å². The summed E-state index contributed by atoms with van der Waals surface area (Å²) in [4.78, 5) is 63.2. The number of carbonyl (C=O) groups is 4. The standard InChI is InChI=1S/C30H43N4O8P/c1-29(2,3)41-27(37)33-21(17-19-13-9-7-10-14-19)23(35)25(31)43(39,40)26(32)24(36)22(18-20-15-11-8-12-16-20)34-28(38)42-30(4,5)6/h7-16,21-22,25-26H,17-18,31-32H2,1-6H3,(H,33,37)(H,34,38)(H,39,40)/t21-,22-,25?,26?/m0/s1. The molecule has 0 saturated carbocycles. The van der Waals surface area contributed by atoms with E-state index in [1.807, 2.05) is 0 Å². The number of Topliss-reactive ketones (excluding diaryl/α,β-unsaturated/α-hetero) is 2. The van der Waals surface area contributed by atoms with Gasteiger partial charge in [-0.3, -0.25) is 14.2 Å². The Morgan fingerprint density at radius 2 is 1.00 bits per heavy atom. The van der Waals surface area contributed by atoms with Gasteiger partial charge in [-0.2, -0.15) is 0 Å². The molecule has 2 unspecified atom stereocenters. The number of ketones is 2. The van der Waals surface area contributed by atoms with E-state index in [9.17, 15) is 28.6 Å². The van der Waals surface area contributed by atoms with E-state index in [-0.39, 0.29) is 12.8 Å². The minimum absolute atomic E-state index is 0.0768. The highest BCUT2D eigenvalue weighted by Gasteiger charge is 2.47. The molecule has 0 aliphatic heterocycles. The first-order chi connectivity index (χ1) is 19.8. The molecule has 0 heterocycles. The second kappa shape index (κ2) is 14.7. The summed E-state index contributed by atoms with van der Waals surface area (Å²) in [5.41, 5.74) is 11.5. The number of ether oxygens (including phenoxy) is 2. The van der Waals surface area contributed by atoms with Crippen molar-refractivity contribution >= 4 is 31.1 Å². The fourth-order valence-corrected chi connectivity index (χ4v) is 5.43. The Morgan fingerprint density at radius 1 is 0.698 bits per heavy atom. The molecule has 2 aromatic rings. The number of rotatable bonds is 12. The predicted octanol–water partition coefficient (Wildman–Crippen LogP) is 3.24. The first kappa shape index (κ1) is 35.6. The molecule has 0 aromatic heterocycles. The van der Waals surface area contributed by atoms with Gasteiger partial charge in [0.2, 0.25) is 7.37 Å². The van der Waals surface area contributed by atoms with Crippen molar-refractivity contribution in [1.29, 1.82) is 0 Å². The van der Waals surface area contributed by atoms with Gasteiger partial charge in [0, 0.05) is 0 Å². The number of alkyl carbamates (subject to hydrolysis) is 2. The molecule has 4 atom stereocenters. The fourth-order valence-electron chi connectivity index (χ4n) is 3.99. The Kier molecular flexibility index (Phi) is 12.2. The Bertz CT molecular complexity index is 1210. The van der Waals surface area contributed by atoms with Crippen LogP contribution >= 0.6 is 7.37 Å². The zero-order valence-corrected chi connectivity index (χ0v) is 26.3. The maximum Gasteiger partial charge on any atom is 0.408 e. The molecule has 0 bridgehead atoms. The zero-order chi connectivity index (χ0) is 32.6. The van der Waals surface area contributed by atoms with Crippen LogP contribution in [0.3, 0.4) is 0 Å². The van der Waals surface area contributed by atoms with Crippen molar-refractivity contribution in [1.82, 2.24) is 10.6 Å². The molecule has 236 valence electrons. The first-order valence-electron chi connectivity index (χ1n) is 13.8. The molecular weight excluding hydrogens is 575 g/mol. The SMILES string of the molecule is CC(C)(C)OC(=O)N[C@@H](Cc1ccccc1)C(=O)C(N)P(=O)(O)C(N)C(=O)[C@H](Cc1ccccc1)NC(=O)OC(C)(C)C. The summed E-state index contributed by atoms with van der Waals surface area (Å²) < 4.78 is 24.1. The minimum atomic E-state index is -5.00. The molecule has 7 N–H and O–H groups in total. The lowest BCUT2D eigenvalue weighted by Crippen LogP contribution is -2.54. The molecule has 2 rings (SSSR count). The second-order valence-corrected chi connectivity index (χ2v) is 14.6. The molecule has 2 aromatic carbocycles. The van der Waals surface area contributed by atoms with Crippen molar-refractivity contribution < 1.29 is 38.1 Å². The highest BCUT2D eigenvalue weighted by molar-refractivity contribution is 7.61. The third-order valence-electron chi connectivity index (χ3n) is 6.01. The summed E-state index contributed by atoms with van der Waals surface area (Å²) in [6.07, 6.45) is -2.03. The predicted molar refractivity (Wildman–Crippen MR) is 162 cm³/mol. The molecule has 2 amide bonds. The minimum Gasteiger partial charge on any atom is -0.444 e. The fraction of sp³-hybridized carbons (Fsp3) is 0.467. The summed E-state index contributed by atoms with van der Waals surface area (Å²) in [6, 6.07) is 14.5. The Balaban J connectivity index is 2.34. The lowest BCUT2D eigenvalue weighted by molar-refractivity contribution is -0.121. The summed E-state index contributed by atoms with van der Waals surface area (Å²) in [5, 5.41) is 4.85. The quantitative estimate of drug-likeness (QED) is 0.220. The van der Waals surface area contributed by atoms with Gasteiger partial charge >= 0.3 is 12.2 Å². The van der Waals surface area contributed by atoms with E-state index < -0.39 is 66.0 Å². The van der Waals surface area contributed by atoms with Gasteiger partial charge in [-0.1, -0.05) is 60.7 Å². The van der Waals surface area contributed by atoms with Crippen molar-refractivity contribution in [3.63, 3.8) is 0 Å². The van der Waals surface area contributed by atoms with E-state index in [0.717, 1.165) is 0 Å². The summed E-state index contributed by atoms with van der Waals surface area (Å²) in [5.74, 6) is -6.34. The number of nitrogens with two attached hydrogens (primary N) is 2. The van der Waals surface area contributed by atoms with Gasteiger partial charge in [0.1, 0.15) is 22.8 Å². The van der Waals surface area contributed by atoms with Gasteiger partial charge < -0.3 is 36.5 Å². The maximum absolute atomic E-state index is 13.6. The number of hydrogen-bond donors (Lipinski definition) is 5. The monoisotopic (exact) mass is 618 g/mol. The van der Waals surface area contributed by atoms with Gasteiger partial charge in [0.25, 0.3) is 0 Å². The van der Waals surface area contributed by atoms with Crippen molar-refractivity contribution in [3.8, 4) is 0 Å². The van der Waals surface area contributed by atoms with Gasteiger partial charge in [0.05, 0.1) is 12.1 Å². The number of nitrogens with one attached hydrogen (secondary N) is 2. The van der Waals surface area contributed by atoms with Gasteiger partial charge in [-0.15, -0.1) is 0 Å². The average Bonchev–Trinajstić information content (AvgIpc) is 2.89. The van der Waals surface area contributed by atoms with Crippen molar-refractivity contribution in [2.45, 2.75) is 89.2 Å². The molecule has 12 nitrogen and oxygen atoms in total. The largest absolute Gasteiger partial charge is 0.444 e. The van der Waals surface area contributed by atoms with E-state index in [1.54, 1.807) is 102 Å². The van der Waals surface area contributed by atoms with Crippen LogP contribution in [0.4, 0.5) is 9.59 Å². The van der Waals surface area contributed by atoms with Crippen molar-refractivity contribution in [2.24, 2.45) is 11.5 Å². The van der Waals surface area contributed by atoms with Gasteiger partial charge in [-0.25, -0.2) is 9.59 Å². The molecule has 0 fully saturated rings. The van der Waals surface area contributed by atoms with E-state index in [4.69, 9.17) is 20.9 Å². The summed E-state index contributed by atoms with van der Waals surface area (Å²) >= 11 is 0. The Labute approximate surface area is 252 Å². The topological polar surface area (TPSA) is 200 Å². The van der Waals surface area contributed by atoms with Crippen LogP contribution in [-0.2, 0) is 36.5 Å². The van der Waals surface area contributed by atoms with Gasteiger partial charge in [0.15, 0.2) is 11.6 Å². The highest BCUT2D eigenvalue weighted by Crippen LogP contribution is 2.48. The molecule has 43 heavy (non-hydrogen) atoms. The van der Waals surface area contributed by atoms with Crippen LogP contribution in [0.25, 0.3) is 0 Å². The Morgan fingerprint density at radius 3 is 1.28 bits per heavy atom. The second-order valence-electron chi connectivity index (χ2n) is 12.1. The third-order valence-corrected chi connectivity index (χ3v) is 8.12. The number of benzene rings is 2. The third kappa shape index (κ3) is 11.6. The van der Waals surface area contributed by atoms with Crippen LogP contribution in [0.15, 0.2) is 60.7 Å². The summed E-state index contributed by atoms with van der Waals surface area (Å²) in [6.45, 7) is 9.81. The van der Waals surface area contributed by atoms with Crippen molar-refractivity contribution in [3.05, 3.63) is 71.8 Å². The van der Waals surface area contributed by atoms with E-state index in [2.05, 4.69) is 10.6 Å². The zero-order valence-electron chi connectivity index (χ0n) is 25.4. The van der Waals surface area contributed by atoms with Crippen LogP contribution in [0, 0.1) is 0 Å². The lowest BCUT2D eigenvalue weighted by Gasteiger charge is -2.30. The van der Waals surface area contributed by atoms with Crippen LogP contribution in [-0.4, -0.2) is 63.5 Å². The normalized spacial score (nSPS) is 16.0. The van der Waals surface area contributed by atoms with Crippen LogP contribution in [0.5, 0.6) is 0 Å². The number of amides is 2. The summed E-state index contributed by atoms with van der Waals surface area (Å²) in [7, 11) is -5.00. The van der Waals surface area contributed by atoms with E-state index >= 15 is 0 Å². The molecule has 0 radical (unpaired) electrons. The van der Waals surface area contributed by atoms with Crippen LogP contribution in [0.2, 0.25) is 0 Å². The lowest BCUT2D eigenvalue weighted by atomic mass is 10.0. The number of carbonyl (C=O) groups excluding carboxylic acids is 4. The van der Waals surface area contributed by atoms with E-state index in [0.29, 0.717) is 11.1 Å². The molecule has 0 saturated heterocycles. The molecule has 0 aliphatic carbocycles. The first-order valence-corrected chi connectivity index (χ1v) is 15.6. The van der Waals surface area contributed by atoms with Gasteiger partial charge in [-0.05, 0) is 65.5 Å². The molecule has 0 aliphatic rings. The molecular formula is C30H43N4O8P.